The van der Waals surface area contributed by atoms with Gasteiger partial charge in [0.15, 0.2) is 0 Å². The zero-order valence-corrected chi connectivity index (χ0v) is 5.69. The smallest absolute Gasteiger partial charge is 0.305 e. The van der Waals surface area contributed by atoms with Crippen molar-refractivity contribution < 1.29 is 9.90 Å². The molecule has 0 saturated heterocycles. The Bertz CT molecular complexity index is 233. The summed E-state index contributed by atoms with van der Waals surface area (Å²) >= 11 is 0. The van der Waals surface area contributed by atoms with Crippen molar-refractivity contribution in [1.82, 2.24) is 15.2 Å². The normalized spacial score (nSPS) is 12.8. The lowest BCUT2D eigenvalue weighted by Gasteiger charge is -2.02. The van der Waals surface area contributed by atoms with Gasteiger partial charge in [-0.05, 0) is 0 Å². The van der Waals surface area contributed by atoms with Crippen LogP contribution in [0.3, 0.4) is 0 Å². The molecule has 1 rings (SSSR count). The number of carbonyl (C=O) groups is 1. The third-order valence-electron chi connectivity index (χ3n) is 1.18. The van der Waals surface area contributed by atoms with Gasteiger partial charge in [0.25, 0.3) is 0 Å². The topological polar surface area (TPSA) is 105 Å². The summed E-state index contributed by atoms with van der Waals surface area (Å²) in [6.07, 6.45) is 1.15. The monoisotopic (exact) mass is 156 g/mol. The Morgan fingerprint density at radius 2 is 2.64 bits per heavy atom. The Kier molecular flexibility index (Phi) is 2.17. The van der Waals surface area contributed by atoms with Crippen LogP contribution >= 0.6 is 0 Å². The van der Waals surface area contributed by atoms with E-state index >= 15 is 0 Å². The number of aromatic nitrogens is 3. The summed E-state index contributed by atoms with van der Waals surface area (Å²) in [4.78, 5) is 13.9. The largest absolute Gasteiger partial charge is 0.481 e. The number of aromatic amines is 1. The fourth-order valence-corrected chi connectivity index (χ4v) is 0.678. The lowest BCUT2D eigenvalue weighted by atomic mass is 10.2. The molecular weight excluding hydrogens is 148 g/mol. The predicted molar refractivity (Wildman–Crippen MR) is 35.6 cm³/mol. The standard InChI is InChI=1S/C5H8N4O2/c6-3(1-4(10)11)5-7-2-8-9-5/h2-3H,1,6H2,(H,10,11)(H,7,8,9). The van der Waals surface area contributed by atoms with Crippen LogP contribution in [-0.4, -0.2) is 26.3 Å². The summed E-state index contributed by atoms with van der Waals surface area (Å²) < 4.78 is 0. The molecule has 1 unspecified atom stereocenters. The van der Waals surface area contributed by atoms with Crippen molar-refractivity contribution in [1.29, 1.82) is 0 Å². The van der Waals surface area contributed by atoms with Gasteiger partial charge in [0, 0.05) is 0 Å². The molecule has 6 nitrogen and oxygen atoms in total. The van der Waals surface area contributed by atoms with Gasteiger partial charge >= 0.3 is 5.97 Å². The first-order valence-electron chi connectivity index (χ1n) is 3.03. The Labute approximate surface area is 62.4 Å². The van der Waals surface area contributed by atoms with E-state index in [1.165, 1.54) is 6.33 Å². The second-order valence-corrected chi connectivity index (χ2v) is 2.08. The third-order valence-corrected chi connectivity index (χ3v) is 1.18. The molecule has 11 heavy (non-hydrogen) atoms. The van der Waals surface area contributed by atoms with E-state index in [0.29, 0.717) is 5.82 Å². The van der Waals surface area contributed by atoms with E-state index in [1.54, 1.807) is 0 Å². The van der Waals surface area contributed by atoms with Crippen LogP contribution in [0.15, 0.2) is 6.33 Å². The van der Waals surface area contributed by atoms with Crippen molar-refractivity contribution in [3.05, 3.63) is 12.2 Å². The van der Waals surface area contributed by atoms with Crippen LogP contribution in [0.2, 0.25) is 0 Å². The molecule has 0 aliphatic carbocycles. The fraction of sp³-hybridized carbons (Fsp3) is 0.400. The summed E-state index contributed by atoms with van der Waals surface area (Å²) in [7, 11) is 0. The molecule has 1 aromatic rings. The fourth-order valence-electron chi connectivity index (χ4n) is 0.678. The van der Waals surface area contributed by atoms with E-state index in [9.17, 15) is 4.79 Å². The van der Waals surface area contributed by atoms with Crippen LogP contribution in [0.5, 0.6) is 0 Å². The second kappa shape index (κ2) is 3.11. The van der Waals surface area contributed by atoms with Crippen molar-refractivity contribution in [3.8, 4) is 0 Å². The van der Waals surface area contributed by atoms with E-state index in [2.05, 4.69) is 15.2 Å². The molecule has 60 valence electrons. The molecule has 1 atom stereocenters. The van der Waals surface area contributed by atoms with Crippen molar-refractivity contribution in [2.75, 3.05) is 0 Å². The second-order valence-electron chi connectivity index (χ2n) is 2.08. The quantitative estimate of drug-likeness (QED) is 0.535. The van der Waals surface area contributed by atoms with Gasteiger partial charge in [0.05, 0.1) is 12.5 Å². The van der Waals surface area contributed by atoms with Crippen molar-refractivity contribution in [3.63, 3.8) is 0 Å². The molecule has 0 amide bonds. The first-order valence-corrected chi connectivity index (χ1v) is 3.03. The van der Waals surface area contributed by atoms with Crippen molar-refractivity contribution in [2.45, 2.75) is 12.5 Å². The molecule has 0 spiro atoms. The Balaban J connectivity index is 2.56. The highest BCUT2D eigenvalue weighted by Crippen LogP contribution is 2.05. The lowest BCUT2D eigenvalue weighted by molar-refractivity contribution is -0.137. The van der Waals surface area contributed by atoms with E-state index in [1.807, 2.05) is 0 Å². The van der Waals surface area contributed by atoms with Crippen LogP contribution in [-0.2, 0) is 4.79 Å². The number of aliphatic carboxylic acids is 1. The number of hydrogen-bond donors (Lipinski definition) is 3. The van der Waals surface area contributed by atoms with Gasteiger partial charge in [-0.3, -0.25) is 9.89 Å². The number of carboxylic acids is 1. The van der Waals surface area contributed by atoms with Crippen LogP contribution in [0.1, 0.15) is 18.3 Å². The van der Waals surface area contributed by atoms with Gasteiger partial charge in [-0.2, -0.15) is 5.10 Å². The molecule has 0 saturated carbocycles. The number of nitrogens with two attached hydrogens (primary N) is 1. The molecule has 4 N–H and O–H groups in total. The number of H-pyrrole nitrogens is 1. The predicted octanol–water partition coefficient (Wildman–Crippen LogP) is -0.721. The minimum atomic E-state index is -0.950. The van der Waals surface area contributed by atoms with Gasteiger partial charge in [-0.15, -0.1) is 0 Å². The van der Waals surface area contributed by atoms with Gasteiger partial charge in [0.2, 0.25) is 0 Å². The summed E-state index contributed by atoms with van der Waals surface area (Å²) in [6.45, 7) is 0. The van der Waals surface area contributed by atoms with Gasteiger partial charge in [-0.25, -0.2) is 4.98 Å². The Morgan fingerprint density at radius 3 is 3.09 bits per heavy atom. The Hall–Kier alpha value is -1.43. The van der Waals surface area contributed by atoms with E-state index in [4.69, 9.17) is 10.8 Å². The van der Waals surface area contributed by atoms with Crippen molar-refractivity contribution >= 4 is 5.97 Å². The molecule has 1 heterocycles. The van der Waals surface area contributed by atoms with Crippen LogP contribution in [0.25, 0.3) is 0 Å². The third kappa shape index (κ3) is 2.01. The van der Waals surface area contributed by atoms with Crippen LogP contribution in [0, 0.1) is 0 Å². The maximum absolute atomic E-state index is 10.2. The highest BCUT2D eigenvalue weighted by atomic mass is 16.4. The zero-order chi connectivity index (χ0) is 8.27. The summed E-state index contributed by atoms with van der Waals surface area (Å²) in [5.74, 6) is -0.554. The van der Waals surface area contributed by atoms with E-state index < -0.39 is 12.0 Å². The van der Waals surface area contributed by atoms with E-state index in [0.717, 1.165) is 0 Å². The zero-order valence-electron chi connectivity index (χ0n) is 5.69. The van der Waals surface area contributed by atoms with Crippen LogP contribution in [0.4, 0.5) is 0 Å². The SMILES string of the molecule is NC(CC(=O)O)c1ncn[nH]1. The maximum Gasteiger partial charge on any atom is 0.305 e. The molecule has 0 fully saturated rings. The maximum atomic E-state index is 10.2. The van der Waals surface area contributed by atoms with Gasteiger partial charge in [0.1, 0.15) is 12.2 Å². The minimum absolute atomic E-state index is 0.144. The molecule has 0 aromatic carbocycles. The minimum Gasteiger partial charge on any atom is -0.481 e. The van der Waals surface area contributed by atoms with Crippen LogP contribution < -0.4 is 5.73 Å². The first-order chi connectivity index (χ1) is 5.20. The lowest BCUT2D eigenvalue weighted by Crippen LogP contribution is -2.16. The summed E-state index contributed by atoms with van der Waals surface area (Å²) in [5.41, 5.74) is 5.43. The molecule has 0 aliphatic rings. The molecule has 6 heteroatoms. The number of nitrogens with one attached hydrogen (secondary N) is 1. The molecular formula is C5H8N4O2. The molecule has 0 radical (unpaired) electrons. The van der Waals surface area contributed by atoms with Crippen molar-refractivity contribution in [2.24, 2.45) is 5.73 Å². The van der Waals surface area contributed by atoms with Gasteiger partial charge in [-0.1, -0.05) is 0 Å². The first kappa shape index (κ1) is 7.67. The van der Waals surface area contributed by atoms with Gasteiger partial charge < -0.3 is 10.8 Å². The average Bonchev–Trinajstić information content (AvgIpc) is 2.35. The highest BCUT2D eigenvalue weighted by Gasteiger charge is 2.12. The number of rotatable bonds is 3. The summed E-state index contributed by atoms with van der Waals surface area (Å²) in [6, 6.07) is -0.602. The number of hydrogen-bond acceptors (Lipinski definition) is 4. The summed E-state index contributed by atoms with van der Waals surface area (Å²) in [5, 5.41) is 14.4. The highest BCUT2D eigenvalue weighted by molar-refractivity contribution is 5.67. The molecule has 0 aliphatic heterocycles. The number of nitrogens with zero attached hydrogens (tertiary/aromatic N) is 2. The number of carboxylic acid groups (broad SMARTS) is 1. The Morgan fingerprint density at radius 1 is 1.91 bits per heavy atom. The molecule has 1 aromatic heterocycles. The van der Waals surface area contributed by atoms with E-state index in [-0.39, 0.29) is 6.42 Å². The molecule has 0 bridgehead atoms. The average molecular weight is 156 g/mol.